The number of benzene rings is 2. The fraction of sp³-hybridized carbons (Fsp3) is 0.238. The first-order valence-corrected chi connectivity index (χ1v) is 8.56. The van der Waals surface area contributed by atoms with Gasteiger partial charge in [-0.1, -0.05) is 63.2 Å². The van der Waals surface area contributed by atoms with Crippen LogP contribution < -0.4 is 10.5 Å². The van der Waals surface area contributed by atoms with Crippen molar-refractivity contribution in [3.05, 3.63) is 70.7 Å². The summed E-state index contributed by atoms with van der Waals surface area (Å²) in [6.45, 7) is 6.32. The molecule has 5 heteroatoms. The number of nitrogens with zero attached hydrogens (tertiary/aromatic N) is 2. The van der Waals surface area contributed by atoms with Gasteiger partial charge in [0.05, 0.1) is 11.5 Å². The van der Waals surface area contributed by atoms with Gasteiger partial charge in [0.2, 0.25) is 11.8 Å². The monoisotopic (exact) mass is 344 g/mol. The van der Waals surface area contributed by atoms with E-state index in [1.54, 1.807) is 0 Å². The third-order valence-corrected chi connectivity index (χ3v) is 4.82. The largest absolute Gasteiger partial charge is 0.420 e. The smallest absolute Gasteiger partial charge is 0.244 e. The van der Waals surface area contributed by atoms with Crippen LogP contribution in [0.1, 0.15) is 43.5 Å². The Morgan fingerprint density at radius 2 is 1.88 bits per heavy atom. The van der Waals surface area contributed by atoms with Crippen LogP contribution in [0.2, 0.25) is 0 Å². The molecule has 1 aromatic heterocycles. The average Bonchev–Trinajstić information content (AvgIpc) is 3.03. The molecule has 0 bridgehead atoms. The van der Waals surface area contributed by atoms with E-state index >= 15 is 0 Å². The van der Waals surface area contributed by atoms with E-state index in [0.29, 0.717) is 11.5 Å². The number of nitrogens with two attached hydrogens (primary N) is 1. The Kier molecular flexibility index (Phi) is 3.52. The Bertz CT molecular complexity index is 1070. The van der Waals surface area contributed by atoms with Crippen molar-refractivity contribution in [3.8, 4) is 11.9 Å². The van der Waals surface area contributed by atoms with Gasteiger partial charge in [0, 0.05) is 11.1 Å². The van der Waals surface area contributed by atoms with Crippen molar-refractivity contribution in [2.75, 3.05) is 0 Å². The number of hydrogen-bond acceptors (Lipinski definition) is 4. The molecule has 0 fully saturated rings. The zero-order chi connectivity index (χ0) is 18.5. The first-order valence-electron chi connectivity index (χ1n) is 8.56. The van der Waals surface area contributed by atoms with Crippen LogP contribution >= 0.6 is 0 Å². The quantitative estimate of drug-likeness (QED) is 0.696. The summed E-state index contributed by atoms with van der Waals surface area (Å²) in [7, 11) is 0. The van der Waals surface area contributed by atoms with Crippen LogP contribution in [0.5, 0.6) is 5.88 Å². The molecule has 0 saturated heterocycles. The lowest BCUT2D eigenvalue weighted by Crippen LogP contribution is -2.24. The molecule has 0 amide bonds. The summed E-state index contributed by atoms with van der Waals surface area (Å²) in [5.74, 6) is 0.247. The number of nitrogens with one attached hydrogen (secondary N) is 1. The van der Waals surface area contributed by atoms with Gasteiger partial charge in [-0.25, -0.2) is 0 Å². The maximum atomic E-state index is 9.82. The maximum Gasteiger partial charge on any atom is 0.244 e. The lowest BCUT2D eigenvalue weighted by molar-refractivity contribution is 0.378. The van der Waals surface area contributed by atoms with E-state index in [4.69, 9.17) is 10.5 Å². The molecule has 0 saturated carbocycles. The summed E-state index contributed by atoms with van der Waals surface area (Å²) in [5, 5.41) is 19.5. The lowest BCUT2D eigenvalue weighted by Gasteiger charge is -2.28. The van der Waals surface area contributed by atoms with E-state index in [9.17, 15) is 5.26 Å². The molecule has 2 aromatic carbocycles. The zero-order valence-electron chi connectivity index (χ0n) is 15.0. The minimum Gasteiger partial charge on any atom is -0.420 e. The van der Waals surface area contributed by atoms with Gasteiger partial charge in [-0.15, -0.1) is 5.10 Å². The Hall–Kier alpha value is -3.26. The molecular weight excluding hydrogens is 324 g/mol. The number of ether oxygens (including phenoxy) is 1. The van der Waals surface area contributed by atoms with Gasteiger partial charge >= 0.3 is 0 Å². The third kappa shape index (κ3) is 2.34. The van der Waals surface area contributed by atoms with Crippen molar-refractivity contribution >= 4 is 10.8 Å². The van der Waals surface area contributed by atoms with Gasteiger partial charge in [-0.3, -0.25) is 5.10 Å². The Morgan fingerprint density at radius 1 is 1.15 bits per heavy atom. The minimum absolute atomic E-state index is 0.116. The average molecular weight is 344 g/mol. The predicted octanol–water partition coefficient (Wildman–Crippen LogP) is 4.08. The lowest BCUT2D eigenvalue weighted by atomic mass is 9.77. The molecule has 1 atom stereocenters. The van der Waals surface area contributed by atoms with E-state index in [1.807, 2.05) is 24.3 Å². The molecule has 0 aliphatic carbocycles. The zero-order valence-corrected chi connectivity index (χ0v) is 15.0. The van der Waals surface area contributed by atoms with E-state index < -0.39 is 0 Å². The molecule has 26 heavy (non-hydrogen) atoms. The fourth-order valence-electron chi connectivity index (χ4n) is 3.63. The molecule has 5 nitrogen and oxygen atoms in total. The molecule has 3 aromatic rings. The summed E-state index contributed by atoms with van der Waals surface area (Å²) < 4.78 is 5.67. The molecule has 0 spiro atoms. The Morgan fingerprint density at radius 3 is 2.62 bits per heavy atom. The fourth-order valence-corrected chi connectivity index (χ4v) is 3.63. The minimum atomic E-state index is -0.317. The van der Waals surface area contributed by atoms with E-state index in [2.05, 4.69) is 55.2 Å². The van der Waals surface area contributed by atoms with Crippen LogP contribution in [0.15, 0.2) is 53.9 Å². The van der Waals surface area contributed by atoms with Crippen molar-refractivity contribution < 1.29 is 4.74 Å². The number of nitriles is 1. The van der Waals surface area contributed by atoms with Crippen LogP contribution in [0.4, 0.5) is 0 Å². The highest BCUT2D eigenvalue weighted by atomic mass is 16.5. The van der Waals surface area contributed by atoms with Crippen molar-refractivity contribution in [1.82, 2.24) is 10.2 Å². The number of hydrogen-bond donors (Lipinski definition) is 2. The van der Waals surface area contributed by atoms with Gasteiger partial charge in [0.15, 0.2) is 0 Å². The van der Waals surface area contributed by atoms with Crippen molar-refractivity contribution in [2.45, 2.75) is 32.1 Å². The number of aromatic nitrogens is 2. The number of fused-ring (bicyclic) bond motifs is 2. The molecule has 0 unspecified atom stereocenters. The predicted molar refractivity (Wildman–Crippen MR) is 101 cm³/mol. The second-order valence-electron chi connectivity index (χ2n) is 7.56. The van der Waals surface area contributed by atoms with Crippen molar-refractivity contribution in [2.24, 2.45) is 5.73 Å². The van der Waals surface area contributed by atoms with E-state index in [0.717, 1.165) is 27.6 Å². The second-order valence-corrected chi connectivity index (χ2v) is 7.56. The van der Waals surface area contributed by atoms with Crippen LogP contribution in [-0.2, 0) is 5.41 Å². The summed E-state index contributed by atoms with van der Waals surface area (Å²) in [6.07, 6.45) is 0. The normalized spacial score (nSPS) is 16.9. The summed E-state index contributed by atoms with van der Waals surface area (Å²) in [6, 6.07) is 16.5. The van der Waals surface area contributed by atoms with Crippen LogP contribution in [-0.4, -0.2) is 10.2 Å². The maximum absolute atomic E-state index is 9.82. The molecule has 1 aliphatic heterocycles. The van der Waals surface area contributed by atoms with E-state index in [-0.39, 0.29) is 17.2 Å². The van der Waals surface area contributed by atoms with Gasteiger partial charge in [0.25, 0.3) is 0 Å². The first kappa shape index (κ1) is 16.2. The Labute approximate surface area is 152 Å². The first-order chi connectivity index (χ1) is 12.4. The molecule has 4 rings (SSSR count). The molecule has 2 heterocycles. The van der Waals surface area contributed by atoms with Crippen LogP contribution in [0.25, 0.3) is 10.8 Å². The highest BCUT2D eigenvalue weighted by molar-refractivity contribution is 5.87. The van der Waals surface area contributed by atoms with Crippen molar-refractivity contribution in [1.29, 1.82) is 5.26 Å². The van der Waals surface area contributed by atoms with Gasteiger partial charge < -0.3 is 10.5 Å². The van der Waals surface area contributed by atoms with Gasteiger partial charge in [-0.2, -0.15) is 5.26 Å². The molecular formula is C21H20N4O. The van der Waals surface area contributed by atoms with Crippen LogP contribution in [0.3, 0.4) is 0 Å². The molecule has 0 radical (unpaired) electrons. The van der Waals surface area contributed by atoms with E-state index in [1.165, 1.54) is 0 Å². The standard InChI is InChI=1S/C21H20N4O/c1-21(2,3)18-17-16(15(11-22)19(23)26-20(17)25-24-18)14-10-6-8-12-7-4-5-9-13(12)14/h4-10,16H,23H2,1-3H3,(H,24,25)/t16-/m0/s1. The van der Waals surface area contributed by atoms with Gasteiger partial charge in [-0.05, 0) is 16.3 Å². The third-order valence-electron chi connectivity index (χ3n) is 4.82. The Balaban J connectivity index is 2.06. The number of H-pyrrole nitrogens is 1. The highest BCUT2D eigenvalue weighted by Crippen LogP contribution is 2.46. The number of rotatable bonds is 1. The number of aromatic amines is 1. The molecule has 3 N–H and O–H groups in total. The molecule has 130 valence electrons. The topological polar surface area (TPSA) is 87.7 Å². The van der Waals surface area contributed by atoms with Crippen molar-refractivity contribution in [3.63, 3.8) is 0 Å². The van der Waals surface area contributed by atoms with Gasteiger partial charge in [0.1, 0.15) is 11.6 Å². The van der Waals surface area contributed by atoms with Crippen LogP contribution in [0, 0.1) is 11.3 Å². The summed E-state index contributed by atoms with van der Waals surface area (Å²) in [4.78, 5) is 0. The SMILES string of the molecule is CC(C)(C)c1[nH]nc2c1[C@@H](c1cccc3ccccc13)C(C#N)=C(N)O2. The second kappa shape index (κ2) is 5.63. The summed E-state index contributed by atoms with van der Waals surface area (Å²) >= 11 is 0. The number of allylic oxidation sites excluding steroid dienone is 1. The summed E-state index contributed by atoms with van der Waals surface area (Å²) in [5.41, 5.74) is 9.18. The molecule has 1 aliphatic rings. The highest BCUT2D eigenvalue weighted by Gasteiger charge is 2.38.